The normalized spacial score (nSPS) is 18.7. The molecule has 0 N–H and O–H groups in total. The minimum absolute atomic E-state index is 0.109. The number of benzene rings is 3. The van der Waals surface area contributed by atoms with Crippen molar-refractivity contribution in [1.82, 2.24) is 4.90 Å². The molecule has 1 heterocycles. The summed E-state index contributed by atoms with van der Waals surface area (Å²) in [5, 5.41) is 2.28. The number of hydrogen-bond acceptors (Lipinski definition) is 3. The minimum Gasteiger partial charge on any atom is -0.446 e. The maximum absolute atomic E-state index is 13.2. The van der Waals surface area contributed by atoms with Crippen LogP contribution in [0.1, 0.15) is 30.0 Å². The van der Waals surface area contributed by atoms with E-state index in [1.807, 2.05) is 55.5 Å². The average Bonchev–Trinajstić information content (AvgIpc) is 3.13. The number of cyclic esters (lactones) is 1. The van der Waals surface area contributed by atoms with E-state index < -0.39 is 17.0 Å². The van der Waals surface area contributed by atoms with Crippen molar-refractivity contribution in [3.8, 4) is 0 Å². The van der Waals surface area contributed by atoms with Crippen LogP contribution in [0.5, 0.6) is 0 Å². The Bertz CT molecular complexity index is 1020. The number of carbonyl (C=O) groups is 2. The molecule has 0 radical (unpaired) electrons. The van der Waals surface area contributed by atoms with Gasteiger partial charge in [0.05, 0.1) is 0 Å². The lowest BCUT2D eigenvalue weighted by Crippen LogP contribution is -2.40. The quantitative estimate of drug-likeness (QED) is 0.511. The van der Waals surface area contributed by atoms with Gasteiger partial charge < -0.3 is 4.74 Å². The van der Waals surface area contributed by atoms with E-state index >= 15 is 0 Å². The fourth-order valence-corrected chi connectivity index (χ4v) is 4.12. The molecule has 3 aromatic carbocycles. The van der Waals surface area contributed by atoms with Gasteiger partial charge in [0.2, 0.25) is 5.91 Å². The number of carbonyl (C=O) groups excluding carboxylic acids is 2. The summed E-state index contributed by atoms with van der Waals surface area (Å²) in [5.41, 5.74) is 1.93. The number of alkyl halides is 1. The highest BCUT2D eigenvalue weighted by molar-refractivity contribution is 9.10. The Morgan fingerprint density at radius 3 is 2.46 bits per heavy atom. The predicted octanol–water partition coefficient (Wildman–Crippen LogP) is 5.43. The summed E-state index contributed by atoms with van der Waals surface area (Å²) in [6, 6.07) is 23.4. The number of halogens is 1. The summed E-state index contributed by atoms with van der Waals surface area (Å²) in [6.45, 7) is 2.17. The fourth-order valence-electron chi connectivity index (χ4n) is 3.59. The molecule has 1 aliphatic heterocycles. The molecule has 3 aromatic rings. The van der Waals surface area contributed by atoms with Gasteiger partial charge in [-0.2, -0.15) is 0 Å². The Morgan fingerprint density at radius 1 is 1.04 bits per heavy atom. The van der Waals surface area contributed by atoms with Crippen LogP contribution in [0.15, 0.2) is 72.8 Å². The zero-order chi connectivity index (χ0) is 19.7. The molecular formula is C23H20BrNO3. The molecule has 0 aliphatic carbocycles. The van der Waals surface area contributed by atoms with Gasteiger partial charge in [-0.1, -0.05) is 95.7 Å². The molecule has 3 unspecified atom stereocenters. The van der Waals surface area contributed by atoms with Crippen molar-refractivity contribution in [2.45, 2.75) is 23.7 Å². The highest BCUT2D eigenvalue weighted by Gasteiger charge is 2.42. The molecular weight excluding hydrogens is 418 g/mol. The van der Waals surface area contributed by atoms with Crippen LogP contribution in [0.3, 0.4) is 0 Å². The van der Waals surface area contributed by atoms with E-state index in [0.29, 0.717) is 0 Å². The fraction of sp³-hybridized carbons (Fsp3) is 0.217. The topological polar surface area (TPSA) is 46.6 Å². The summed E-state index contributed by atoms with van der Waals surface area (Å²) in [5.74, 6) is -0.390. The van der Waals surface area contributed by atoms with Gasteiger partial charge in [0, 0.05) is 5.92 Å². The number of hydrogen-bond donors (Lipinski definition) is 0. The minimum atomic E-state index is -0.589. The highest BCUT2D eigenvalue weighted by atomic mass is 79.9. The van der Waals surface area contributed by atoms with Crippen molar-refractivity contribution in [3.05, 3.63) is 83.9 Å². The van der Waals surface area contributed by atoms with E-state index in [1.54, 1.807) is 0 Å². The second-order valence-electron chi connectivity index (χ2n) is 7.01. The largest absolute Gasteiger partial charge is 0.446 e. The Labute approximate surface area is 172 Å². The van der Waals surface area contributed by atoms with Gasteiger partial charge in [0.15, 0.2) is 0 Å². The lowest BCUT2D eigenvalue weighted by molar-refractivity contribution is -0.128. The molecule has 2 amide bonds. The zero-order valence-electron chi connectivity index (χ0n) is 15.4. The number of fused-ring (bicyclic) bond motifs is 1. The molecule has 28 heavy (non-hydrogen) atoms. The van der Waals surface area contributed by atoms with Crippen LogP contribution in [0.4, 0.5) is 4.79 Å². The van der Waals surface area contributed by atoms with Crippen molar-refractivity contribution < 1.29 is 14.3 Å². The molecule has 0 saturated carbocycles. The Hall–Kier alpha value is -2.66. The van der Waals surface area contributed by atoms with Gasteiger partial charge >= 0.3 is 6.09 Å². The SMILES string of the molecule is CC(c1ccc2ccccc2c1)C(Br)C(=O)N1C(=O)OCC1c1ccccc1. The lowest BCUT2D eigenvalue weighted by atomic mass is 9.94. The summed E-state index contributed by atoms with van der Waals surface area (Å²) >= 11 is 3.55. The summed E-state index contributed by atoms with van der Waals surface area (Å²) in [7, 11) is 0. The van der Waals surface area contributed by atoms with Crippen molar-refractivity contribution in [1.29, 1.82) is 0 Å². The molecule has 0 spiro atoms. The van der Waals surface area contributed by atoms with Gasteiger partial charge in [-0.3, -0.25) is 4.79 Å². The van der Waals surface area contributed by atoms with Crippen molar-refractivity contribution in [3.63, 3.8) is 0 Å². The molecule has 0 aromatic heterocycles. The van der Waals surface area contributed by atoms with Crippen LogP contribution in [0, 0.1) is 0 Å². The first-order chi connectivity index (χ1) is 13.6. The second kappa shape index (κ2) is 7.76. The standard InChI is InChI=1S/C23H20BrNO3/c1-15(18-12-11-16-7-5-6-10-19(16)13-18)21(24)22(26)25-20(14-28-23(25)27)17-8-3-2-4-9-17/h2-13,15,20-21H,14H2,1H3. The van der Waals surface area contributed by atoms with Crippen LogP contribution < -0.4 is 0 Å². The summed E-state index contributed by atoms with van der Waals surface area (Å²) in [6.07, 6.45) is -0.589. The molecule has 1 aliphatic rings. The molecule has 142 valence electrons. The third-order valence-corrected chi connectivity index (χ3v) is 6.45. The first-order valence-corrected chi connectivity index (χ1v) is 10.2. The van der Waals surface area contributed by atoms with Crippen molar-refractivity contribution in [2.24, 2.45) is 0 Å². The monoisotopic (exact) mass is 437 g/mol. The number of nitrogens with zero attached hydrogens (tertiary/aromatic N) is 1. The Balaban J connectivity index is 1.59. The molecule has 4 rings (SSSR count). The van der Waals surface area contributed by atoms with Crippen LogP contribution >= 0.6 is 15.9 Å². The van der Waals surface area contributed by atoms with E-state index in [4.69, 9.17) is 4.74 Å². The molecule has 3 atom stereocenters. The molecule has 1 saturated heterocycles. The number of rotatable bonds is 4. The summed E-state index contributed by atoms with van der Waals surface area (Å²) < 4.78 is 5.19. The zero-order valence-corrected chi connectivity index (χ0v) is 17.0. The van der Waals surface area contributed by atoms with Crippen LogP contribution in [-0.4, -0.2) is 28.3 Å². The molecule has 0 bridgehead atoms. The highest BCUT2D eigenvalue weighted by Crippen LogP contribution is 2.34. The van der Waals surface area contributed by atoms with E-state index in [9.17, 15) is 9.59 Å². The van der Waals surface area contributed by atoms with Crippen LogP contribution in [0.2, 0.25) is 0 Å². The van der Waals surface area contributed by atoms with Gasteiger partial charge in [0.25, 0.3) is 0 Å². The number of ether oxygens (including phenoxy) is 1. The maximum Gasteiger partial charge on any atom is 0.417 e. The third kappa shape index (κ3) is 3.42. The second-order valence-corrected chi connectivity index (χ2v) is 8.00. The van der Waals surface area contributed by atoms with E-state index in [1.165, 1.54) is 4.90 Å². The van der Waals surface area contributed by atoms with E-state index in [0.717, 1.165) is 21.9 Å². The first-order valence-electron chi connectivity index (χ1n) is 9.24. The number of imide groups is 1. The Kier molecular flexibility index (Phi) is 5.18. The van der Waals surface area contributed by atoms with Gasteiger partial charge in [-0.25, -0.2) is 9.69 Å². The van der Waals surface area contributed by atoms with Crippen LogP contribution in [-0.2, 0) is 9.53 Å². The molecule has 5 heteroatoms. The van der Waals surface area contributed by atoms with Crippen molar-refractivity contribution in [2.75, 3.05) is 6.61 Å². The molecule has 4 nitrogen and oxygen atoms in total. The van der Waals surface area contributed by atoms with Gasteiger partial charge in [-0.15, -0.1) is 0 Å². The predicted molar refractivity (Wildman–Crippen MR) is 112 cm³/mol. The third-order valence-electron chi connectivity index (χ3n) is 5.27. The average molecular weight is 438 g/mol. The van der Waals surface area contributed by atoms with Gasteiger partial charge in [0.1, 0.15) is 17.5 Å². The summed E-state index contributed by atoms with van der Waals surface area (Å²) in [4.78, 5) is 26.2. The Morgan fingerprint density at radius 2 is 1.71 bits per heavy atom. The smallest absolute Gasteiger partial charge is 0.417 e. The van der Waals surface area contributed by atoms with Gasteiger partial charge in [-0.05, 0) is 21.9 Å². The van der Waals surface area contributed by atoms with E-state index in [-0.39, 0.29) is 18.4 Å². The number of amides is 2. The maximum atomic E-state index is 13.2. The van der Waals surface area contributed by atoms with Crippen LogP contribution in [0.25, 0.3) is 10.8 Å². The van der Waals surface area contributed by atoms with E-state index in [2.05, 4.69) is 40.2 Å². The molecule has 1 fully saturated rings. The first kappa shape index (κ1) is 18.7. The van der Waals surface area contributed by atoms with Crippen molar-refractivity contribution >= 4 is 38.7 Å². The lowest BCUT2D eigenvalue weighted by Gasteiger charge is -2.25.